The normalized spacial score (nSPS) is 20.1. The third kappa shape index (κ3) is 2.56. The zero-order valence-corrected chi connectivity index (χ0v) is 16.5. The Morgan fingerprint density at radius 1 is 0.696 bits per heavy atom. The van der Waals surface area contributed by atoms with E-state index < -0.39 is 7.59 Å². The standard InChI is InChI=1S/C16H16Br2N3OP/c17-13-1-5-15(6-2-13)20-11-9-19-10-12-21(23(19,20)22)16-7-3-14(18)4-8-16/h1-8H,9-12H2. The number of anilines is 2. The fraction of sp³-hybridized carbons (Fsp3) is 0.250. The van der Waals surface area contributed by atoms with Crippen LogP contribution in [0.2, 0.25) is 0 Å². The Balaban J connectivity index is 1.74. The van der Waals surface area contributed by atoms with E-state index in [2.05, 4.69) is 45.9 Å². The second kappa shape index (κ2) is 5.92. The van der Waals surface area contributed by atoms with Crippen molar-refractivity contribution in [2.24, 2.45) is 0 Å². The Morgan fingerprint density at radius 3 is 1.48 bits per heavy atom. The van der Waals surface area contributed by atoms with E-state index in [1.807, 2.05) is 48.5 Å². The molecule has 2 aliphatic rings. The van der Waals surface area contributed by atoms with Gasteiger partial charge in [0.2, 0.25) is 0 Å². The molecular weight excluding hydrogens is 441 g/mol. The monoisotopic (exact) mass is 455 g/mol. The van der Waals surface area contributed by atoms with Crippen molar-refractivity contribution in [2.75, 3.05) is 35.5 Å². The number of fused-ring (bicyclic) bond motifs is 1. The molecule has 4 nitrogen and oxygen atoms in total. The predicted molar refractivity (Wildman–Crippen MR) is 102 cm³/mol. The molecule has 2 heterocycles. The Bertz CT molecular complexity index is 704. The molecule has 2 aliphatic heterocycles. The second-order valence-corrected chi connectivity index (χ2v) is 10.1. The highest BCUT2D eigenvalue weighted by Crippen LogP contribution is 2.65. The van der Waals surface area contributed by atoms with Crippen molar-refractivity contribution < 1.29 is 4.57 Å². The van der Waals surface area contributed by atoms with Crippen molar-refractivity contribution in [1.29, 1.82) is 0 Å². The zero-order valence-electron chi connectivity index (χ0n) is 12.4. The van der Waals surface area contributed by atoms with Gasteiger partial charge in [-0.05, 0) is 48.5 Å². The highest BCUT2D eigenvalue weighted by atomic mass is 79.9. The van der Waals surface area contributed by atoms with Gasteiger partial charge < -0.3 is 0 Å². The Kier molecular flexibility index (Phi) is 4.04. The van der Waals surface area contributed by atoms with Gasteiger partial charge in [0, 0.05) is 46.5 Å². The largest absolute Gasteiger partial charge is 0.335 e. The molecule has 0 saturated carbocycles. The fourth-order valence-electron chi connectivity index (χ4n) is 3.27. The molecule has 23 heavy (non-hydrogen) atoms. The van der Waals surface area contributed by atoms with Crippen molar-refractivity contribution in [1.82, 2.24) is 4.67 Å². The minimum Gasteiger partial charge on any atom is -0.293 e. The van der Waals surface area contributed by atoms with Gasteiger partial charge in [-0.1, -0.05) is 31.9 Å². The maximum atomic E-state index is 14.0. The summed E-state index contributed by atoms with van der Waals surface area (Å²) in [5.74, 6) is 0. The minimum atomic E-state index is -2.76. The van der Waals surface area contributed by atoms with Crippen LogP contribution >= 0.6 is 39.5 Å². The molecule has 2 saturated heterocycles. The van der Waals surface area contributed by atoms with Crippen LogP contribution in [0.4, 0.5) is 11.4 Å². The third-order valence-corrected chi connectivity index (χ3v) is 8.70. The summed E-state index contributed by atoms with van der Waals surface area (Å²) in [5.41, 5.74) is 2.03. The first-order valence-electron chi connectivity index (χ1n) is 7.52. The lowest BCUT2D eigenvalue weighted by atomic mass is 10.3. The van der Waals surface area contributed by atoms with Crippen molar-refractivity contribution >= 4 is 50.8 Å². The summed E-state index contributed by atoms with van der Waals surface area (Å²) in [5, 5.41) is 0. The first-order chi connectivity index (χ1) is 11.1. The Morgan fingerprint density at radius 2 is 1.09 bits per heavy atom. The average molecular weight is 457 g/mol. The second-order valence-electron chi connectivity index (χ2n) is 5.67. The van der Waals surface area contributed by atoms with E-state index in [4.69, 9.17) is 0 Å². The minimum absolute atomic E-state index is 0.798. The first kappa shape index (κ1) is 15.7. The summed E-state index contributed by atoms with van der Waals surface area (Å²) < 4.78 is 22.3. The summed E-state index contributed by atoms with van der Waals surface area (Å²) in [6.45, 7) is 3.29. The molecule has 2 fully saturated rings. The van der Waals surface area contributed by atoms with Crippen molar-refractivity contribution in [3.8, 4) is 0 Å². The van der Waals surface area contributed by atoms with Crippen LogP contribution < -0.4 is 9.34 Å². The number of hydrogen-bond donors (Lipinski definition) is 0. The molecule has 0 bridgehead atoms. The summed E-state index contributed by atoms with van der Waals surface area (Å²) in [4.78, 5) is 0. The van der Waals surface area contributed by atoms with E-state index in [-0.39, 0.29) is 0 Å². The fourth-order valence-corrected chi connectivity index (χ4v) is 6.94. The molecule has 0 aliphatic carbocycles. The molecule has 4 rings (SSSR count). The highest BCUT2D eigenvalue weighted by Gasteiger charge is 2.52. The van der Waals surface area contributed by atoms with Gasteiger partial charge in [0.15, 0.2) is 0 Å². The van der Waals surface area contributed by atoms with Gasteiger partial charge >= 0.3 is 7.59 Å². The Labute approximate surface area is 152 Å². The lowest BCUT2D eigenvalue weighted by Crippen LogP contribution is -2.26. The molecule has 0 unspecified atom stereocenters. The maximum Gasteiger partial charge on any atom is 0.335 e. The molecule has 7 heteroatoms. The zero-order chi connectivity index (χ0) is 16.0. The molecule has 2 aromatic rings. The van der Waals surface area contributed by atoms with Crippen LogP contribution in [0.1, 0.15) is 0 Å². The summed E-state index contributed by atoms with van der Waals surface area (Å²) in [6.07, 6.45) is 0. The van der Waals surface area contributed by atoms with Gasteiger partial charge in [-0.15, -0.1) is 0 Å². The van der Waals surface area contributed by atoms with Crippen LogP contribution in [0.5, 0.6) is 0 Å². The van der Waals surface area contributed by atoms with E-state index in [9.17, 15) is 4.57 Å². The number of hydrogen-bond acceptors (Lipinski definition) is 1. The molecule has 2 aromatic carbocycles. The molecule has 120 valence electrons. The topological polar surface area (TPSA) is 26.8 Å². The molecule has 0 aromatic heterocycles. The number of nitrogens with zero attached hydrogens (tertiary/aromatic N) is 3. The van der Waals surface area contributed by atoms with Crippen molar-refractivity contribution in [2.45, 2.75) is 0 Å². The van der Waals surface area contributed by atoms with Gasteiger partial charge in [-0.2, -0.15) is 0 Å². The molecule has 0 amide bonds. The van der Waals surface area contributed by atoms with Gasteiger partial charge in [-0.25, -0.2) is 4.67 Å². The smallest absolute Gasteiger partial charge is 0.293 e. The van der Waals surface area contributed by atoms with E-state index >= 15 is 0 Å². The van der Waals surface area contributed by atoms with Gasteiger partial charge in [0.25, 0.3) is 0 Å². The number of rotatable bonds is 2. The van der Waals surface area contributed by atoms with E-state index in [1.54, 1.807) is 0 Å². The van der Waals surface area contributed by atoms with E-state index in [0.717, 1.165) is 46.5 Å². The summed E-state index contributed by atoms with van der Waals surface area (Å²) in [6, 6.07) is 16.1. The quantitative estimate of drug-likeness (QED) is 0.596. The molecule has 0 spiro atoms. The average Bonchev–Trinajstić information content (AvgIpc) is 3.04. The van der Waals surface area contributed by atoms with Gasteiger partial charge in [-0.3, -0.25) is 13.9 Å². The summed E-state index contributed by atoms with van der Waals surface area (Å²) >= 11 is 6.93. The third-order valence-electron chi connectivity index (χ3n) is 4.39. The molecule has 0 atom stereocenters. The van der Waals surface area contributed by atoms with Crippen LogP contribution in [-0.4, -0.2) is 30.8 Å². The maximum absolute atomic E-state index is 14.0. The first-order valence-corrected chi connectivity index (χ1v) is 10.7. The van der Waals surface area contributed by atoms with Crippen LogP contribution in [0.25, 0.3) is 0 Å². The van der Waals surface area contributed by atoms with Crippen LogP contribution in [0, 0.1) is 0 Å². The van der Waals surface area contributed by atoms with Gasteiger partial charge in [0.1, 0.15) is 0 Å². The van der Waals surface area contributed by atoms with Crippen molar-refractivity contribution in [3.63, 3.8) is 0 Å². The summed E-state index contributed by atoms with van der Waals surface area (Å²) in [7, 11) is -2.76. The van der Waals surface area contributed by atoms with Crippen LogP contribution in [0.3, 0.4) is 0 Å². The molecule has 0 radical (unpaired) electrons. The molecule has 0 N–H and O–H groups in total. The SMILES string of the molecule is O=P12N(CCN1c1ccc(Br)cc1)CCN2c1ccc(Br)cc1. The number of halogens is 2. The Hall–Kier alpha value is -0.810. The number of benzene rings is 2. The predicted octanol–water partition coefficient (Wildman–Crippen LogP) is 4.96. The van der Waals surface area contributed by atoms with E-state index in [0.29, 0.717) is 0 Å². The van der Waals surface area contributed by atoms with E-state index in [1.165, 1.54) is 0 Å². The lowest BCUT2D eigenvalue weighted by molar-refractivity contribution is 0.488. The van der Waals surface area contributed by atoms with Crippen LogP contribution in [0.15, 0.2) is 57.5 Å². The van der Waals surface area contributed by atoms with Crippen LogP contribution in [-0.2, 0) is 4.57 Å². The lowest BCUT2D eigenvalue weighted by Gasteiger charge is -2.34. The molecular formula is C16H16Br2N3OP. The highest BCUT2D eigenvalue weighted by molar-refractivity contribution is 9.10. The van der Waals surface area contributed by atoms with Crippen molar-refractivity contribution in [3.05, 3.63) is 57.5 Å². The van der Waals surface area contributed by atoms with Gasteiger partial charge in [0.05, 0.1) is 0 Å².